The predicted molar refractivity (Wildman–Crippen MR) is 100 cm³/mol. The predicted octanol–water partition coefficient (Wildman–Crippen LogP) is 4.65. The standard InChI is InChI=1S/C21H19F3N4O/c1-14(16-3-2-4-17(11-16)21(22,23)24)28(19-9-10-19)20(29)15-5-7-18(8-6-15)27-13-25-12-26-27/h2-8,11-14,19H,9-10H2,1H3. The first-order chi connectivity index (χ1) is 13.8. The first kappa shape index (κ1) is 19.2. The molecular formula is C21H19F3N4O. The third kappa shape index (κ3) is 4.01. The van der Waals surface area contributed by atoms with Crippen LogP contribution in [-0.4, -0.2) is 31.6 Å². The molecule has 1 aliphatic carbocycles. The van der Waals surface area contributed by atoms with Gasteiger partial charge in [0, 0.05) is 11.6 Å². The number of nitrogens with zero attached hydrogens (tertiary/aromatic N) is 4. The van der Waals surface area contributed by atoms with Crippen molar-refractivity contribution < 1.29 is 18.0 Å². The molecule has 1 saturated carbocycles. The molecule has 1 aromatic heterocycles. The van der Waals surface area contributed by atoms with Gasteiger partial charge in [-0.15, -0.1) is 0 Å². The number of carbonyl (C=O) groups is 1. The van der Waals surface area contributed by atoms with Crippen LogP contribution in [0.1, 0.15) is 47.3 Å². The third-order valence-electron chi connectivity index (χ3n) is 5.09. The van der Waals surface area contributed by atoms with Crippen LogP contribution in [-0.2, 0) is 6.18 Å². The van der Waals surface area contributed by atoms with Crippen molar-refractivity contribution in [3.05, 3.63) is 77.9 Å². The molecule has 2 aromatic carbocycles. The van der Waals surface area contributed by atoms with Gasteiger partial charge in [-0.25, -0.2) is 9.67 Å². The summed E-state index contributed by atoms with van der Waals surface area (Å²) in [7, 11) is 0. The van der Waals surface area contributed by atoms with Gasteiger partial charge in [0.15, 0.2) is 0 Å². The van der Waals surface area contributed by atoms with Crippen molar-refractivity contribution in [1.29, 1.82) is 0 Å². The van der Waals surface area contributed by atoms with Crippen molar-refractivity contribution >= 4 is 5.91 Å². The van der Waals surface area contributed by atoms with Crippen LogP contribution >= 0.6 is 0 Å². The average Bonchev–Trinajstić information content (AvgIpc) is 3.39. The van der Waals surface area contributed by atoms with Gasteiger partial charge in [-0.1, -0.05) is 12.1 Å². The van der Waals surface area contributed by atoms with Crippen LogP contribution < -0.4 is 0 Å². The van der Waals surface area contributed by atoms with E-state index in [9.17, 15) is 18.0 Å². The molecule has 4 rings (SSSR count). The number of benzene rings is 2. The van der Waals surface area contributed by atoms with Crippen molar-refractivity contribution in [3.63, 3.8) is 0 Å². The highest BCUT2D eigenvalue weighted by molar-refractivity contribution is 5.95. The van der Waals surface area contributed by atoms with E-state index in [1.165, 1.54) is 12.4 Å². The first-order valence-electron chi connectivity index (χ1n) is 9.29. The maximum absolute atomic E-state index is 13.2. The molecule has 0 aliphatic heterocycles. The van der Waals surface area contributed by atoms with Gasteiger partial charge in [0.25, 0.3) is 5.91 Å². The Morgan fingerprint density at radius 3 is 2.48 bits per heavy atom. The van der Waals surface area contributed by atoms with Gasteiger partial charge < -0.3 is 4.90 Å². The first-order valence-corrected chi connectivity index (χ1v) is 9.29. The lowest BCUT2D eigenvalue weighted by atomic mass is 10.0. The Balaban J connectivity index is 1.60. The summed E-state index contributed by atoms with van der Waals surface area (Å²) in [4.78, 5) is 18.8. The fourth-order valence-corrected chi connectivity index (χ4v) is 3.39. The van der Waals surface area contributed by atoms with Crippen molar-refractivity contribution in [2.45, 2.75) is 38.0 Å². The van der Waals surface area contributed by atoms with E-state index < -0.39 is 17.8 Å². The highest BCUT2D eigenvalue weighted by atomic mass is 19.4. The molecule has 0 bridgehead atoms. The van der Waals surface area contributed by atoms with Gasteiger partial charge in [-0.3, -0.25) is 4.79 Å². The van der Waals surface area contributed by atoms with E-state index in [1.54, 1.807) is 53.2 Å². The van der Waals surface area contributed by atoms with E-state index in [-0.39, 0.29) is 11.9 Å². The number of carbonyl (C=O) groups excluding carboxylic acids is 1. The Bertz CT molecular complexity index is 996. The van der Waals surface area contributed by atoms with Gasteiger partial charge in [0.1, 0.15) is 12.7 Å². The van der Waals surface area contributed by atoms with Crippen molar-refractivity contribution in [2.75, 3.05) is 0 Å². The summed E-state index contributed by atoms with van der Waals surface area (Å²) in [6, 6.07) is 11.7. The molecule has 150 valence electrons. The fraction of sp³-hybridized carbons (Fsp3) is 0.286. The molecule has 0 radical (unpaired) electrons. The molecule has 1 atom stereocenters. The number of rotatable bonds is 5. The van der Waals surface area contributed by atoms with Gasteiger partial charge >= 0.3 is 6.18 Å². The van der Waals surface area contributed by atoms with E-state index >= 15 is 0 Å². The molecule has 8 heteroatoms. The highest BCUT2D eigenvalue weighted by Gasteiger charge is 2.37. The average molecular weight is 400 g/mol. The lowest BCUT2D eigenvalue weighted by Gasteiger charge is -2.30. The fourth-order valence-electron chi connectivity index (χ4n) is 3.39. The molecule has 0 N–H and O–H groups in total. The summed E-state index contributed by atoms with van der Waals surface area (Å²) < 4.78 is 40.8. The van der Waals surface area contributed by atoms with Crippen LogP contribution in [0.5, 0.6) is 0 Å². The molecule has 1 aliphatic rings. The maximum atomic E-state index is 13.2. The van der Waals surface area contributed by atoms with Crippen LogP contribution in [0.15, 0.2) is 61.2 Å². The monoisotopic (exact) mass is 400 g/mol. The Kier molecular flexibility index (Phi) is 4.86. The van der Waals surface area contributed by atoms with Crippen molar-refractivity contribution in [3.8, 4) is 5.69 Å². The summed E-state index contributed by atoms with van der Waals surface area (Å²) in [5.74, 6) is -0.192. The van der Waals surface area contributed by atoms with E-state index in [1.807, 2.05) is 0 Å². The third-order valence-corrected chi connectivity index (χ3v) is 5.09. The summed E-state index contributed by atoms with van der Waals surface area (Å²) in [5.41, 5.74) is 1.02. The molecule has 1 unspecified atom stereocenters. The molecule has 29 heavy (non-hydrogen) atoms. The second-order valence-electron chi connectivity index (χ2n) is 7.13. The maximum Gasteiger partial charge on any atom is 0.416 e. The zero-order chi connectivity index (χ0) is 20.6. The van der Waals surface area contributed by atoms with Gasteiger partial charge in [-0.2, -0.15) is 18.3 Å². The smallest absolute Gasteiger partial charge is 0.329 e. The number of halogens is 3. The van der Waals surface area contributed by atoms with E-state index in [4.69, 9.17) is 0 Å². The Morgan fingerprint density at radius 1 is 1.17 bits per heavy atom. The van der Waals surface area contributed by atoms with E-state index in [2.05, 4.69) is 10.1 Å². The van der Waals surface area contributed by atoms with Crippen LogP contribution in [0.3, 0.4) is 0 Å². The Morgan fingerprint density at radius 2 is 1.90 bits per heavy atom. The molecule has 3 aromatic rings. The minimum absolute atomic E-state index is 0.0436. The Labute approximate surface area is 165 Å². The molecule has 1 fully saturated rings. The molecule has 0 saturated heterocycles. The van der Waals surface area contributed by atoms with E-state index in [0.29, 0.717) is 11.1 Å². The molecule has 1 amide bonds. The largest absolute Gasteiger partial charge is 0.416 e. The lowest BCUT2D eigenvalue weighted by Crippen LogP contribution is -2.35. The number of aromatic nitrogens is 3. The minimum Gasteiger partial charge on any atom is -0.329 e. The molecule has 0 spiro atoms. The highest BCUT2D eigenvalue weighted by Crippen LogP contribution is 2.37. The van der Waals surface area contributed by atoms with E-state index in [0.717, 1.165) is 30.7 Å². The number of hydrogen-bond donors (Lipinski definition) is 0. The lowest BCUT2D eigenvalue weighted by molar-refractivity contribution is -0.137. The normalized spacial score (nSPS) is 15.2. The zero-order valence-electron chi connectivity index (χ0n) is 15.7. The minimum atomic E-state index is -4.42. The summed E-state index contributed by atoms with van der Waals surface area (Å²) in [6.07, 6.45) is 0.271. The molecule has 1 heterocycles. The van der Waals surface area contributed by atoms with Gasteiger partial charge in [0.05, 0.1) is 17.3 Å². The number of alkyl halides is 3. The van der Waals surface area contributed by atoms with Crippen LogP contribution in [0.25, 0.3) is 5.69 Å². The SMILES string of the molecule is CC(c1cccc(C(F)(F)F)c1)N(C(=O)c1ccc(-n2cncn2)cc1)C1CC1. The summed E-state index contributed by atoms with van der Waals surface area (Å²) >= 11 is 0. The van der Waals surface area contributed by atoms with Crippen molar-refractivity contribution in [1.82, 2.24) is 19.7 Å². The van der Waals surface area contributed by atoms with Gasteiger partial charge in [0.2, 0.25) is 0 Å². The summed E-state index contributed by atoms with van der Waals surface area (Å²) in [6.45, 7) is 1.77. The molecule has 5 nitrogen and oxygen atoms in total. The second-order valence-corrected chi connectivity index (χ2v) is 7.13. The second kappa shape index (κ2) is 7.35. The van der Waals surface area contributed by atoms with Crippen molar-refractivity contribution in [2.24, 2.45) is 0 Å². The number of hydrogen-bond acceptors (Lipinski definition) is 3. The van der Waals surface area contributed by atoms with Crippen LogP contribution in [0, 0.1) is 0 Å². The molecular weight excluding hydrogens is 381 g/mol. The Hall–Kier alpha value is -3.16. The number of amides is 1. The van der Waals surface area contributed by atoms with Crippen LogP contribution in [0.2, 0.25) is 0 Å². The summed E-state index contributed by atoms with van der Waals surface area (Å²) in [5, 5.41) is 4.05. The van der Waals surface area contributed by atoms with Gasteiger partial charge in [-0.05, 0) is 61.7 Å². The topological polar surface area (TPSA) is 51.0 Å². The quantitative estimate of drug-likeness (QED) is 0.626. The zero-order valence-corrected chi connectivity index (χ0v) is 15.7. The van der Waals surface area contributed by atoms with Crippen LogP contribution in [0.4, 0.5) is 13.2 Å².